The average Bonchev–Trinajstić information content (AvgIpc) is 3.62. The number of hydrogen-bond donors (Lipinski definition) is 0. The Balaban J connectivity index is 1.31. The van der Waals surface area contributed by atoms with Gasteiger partial charge in [0.2, 0.25) is 0 Å². The first-order valence-corrected chi connectivity index (χ1v) is 20.6. The lowest BCUT2D eigenvalue weighted by molar-refractivity contribution is 0.590. The second-order valence-corrected chi connectivity index (χ2v) is 18.2. The minimum Gasteiger partial charge on any atom is -0.454 e. The first-order chi connectivity index (χ1) is 28.1. The maximum Gasteiger partial charge on any atom is 0.333 e. The molecule has 11 rings (SSSR count). The zero-order valence-corrected chi connectivity index (χ0v) is 34.0. The number of hydrogen-bond acceptors (Lipinski definition) is 3. The van der Waals surface area contributed by atoms with Crippen molar-refractivity contribution in [1.82, 2.24) is 0 Å². The summed E-state index contributed by atoms with van der Waals surface area (Å²) < 4.78 is 7.07. The molecule has 0 saturated carbocycles. The molecule has 0 atom stereocenters. The molecular weight excluding hydrogens is 703 g/mol. The number of anilines is 5. The van der Waals surface area contributed by atoms with Crippen LogP contribution in [0.15, 0.2) is 168 Å². The van der Waals surface area contributed by atoms with E-state index in [1.165, 1.54) is 72.1 Å². The topological polar surface area (TPSA) is 19.6 Å². The fraction of sp³-hybridized carbons (Fsp3) is 0.148. The SMILES string of the molecule is CC(C)(C)c1ccc(N2B3c4ccc5c(oc6ccccc65)c4N(c4ccc(C(C)(C)C)cc4-c4ccccc4)c4cc5ccccc5c(c43)-c3ccccc32)cc1. The van der Waals surface area contributed by atoms with Crippen molar-refractivity contribution in [2.45, 2.75) is 52.4 Å². The van der Waals surface area contributed by atoms with Gasteiger partial charge < -0.3 is 14.1 Å². The molecule has 0 bridgehead atoms. The molecule has 0 saturated heterocycles. The lowest BCUT2D eigenvalue weighted by atomic mass is 9.43. The monoisotopic (exact) mass is 748 g/mol. The Morgan fingerprint density at radius 1 is 0.500 bits per heavy atom. The molecule has 0 amide bonds. The first-order valence-electron chi connectivity index (χ1n) is 20.6. The van der Waals surface area contributed by atoms with Crippen LogP contribution < -0.4 is 20.6 Å². The second kappa shape index (κ2) is 12.5. The van der Waals surface area contributed by atoms with Crippen LogP contribution in [0.25, 0.3) is 55.0 Å². The molecule has 0 fully saturated rings. The first kappa shape index (κ1) is 34.7. The van der Waals surface area contributed by atoms with Gasteiger partial charge in [0.1, 0.15) is 5.58 Å². The highest BCUT2D eigenvalue weighted by atomic mass is 16.3. The molecule has 2 aliphatic heterocycles. The van der Waals surface area contributed by atoms with Crippen molar-refractivity contribution in [3.8, 4) is 22.3 Å². The third-order valence-corrected chi connectivity index (χ3v) is 12.5. The van der Waals surface area contributed by atoms with Gasteiger partial charge in [-0.2, -0.15) is 0 Å². The molecule has 0 radical (unpaired) electrons. The molecule has 4 heteroatoms. The van der Waals surface area contributed by atoms with Crippen molar-refractivity contribution < 1.29 is 4.42 Å². The Hall–Kier alpha value is -6.52. The van der Waals surface area contributed by atoms with Crippen LogP contribution >= 0.6 is 0 Å². The number of furan rings is 1. The van der Waals surface area contributed by atoms with Gasteiger partial charge in [-0.25, -0.2) is 0 Å². The summed E-state index contributed by atoms with van der Waals surface area (Å²) in [6.45, 7) is 13.6. The standard InChI is InChI=1S/C54H45BN2O/c1-53(2,3)36-24-27-38(28-25-36)57-46-22-14-12-21-42(46)49-39-19-11-10-18-35(39)32-47-50(49)55(57)44-30-29-41-40-20-13-15-23-48(40)58-52(41)51(44)56(47)45-31-26-37(54(4,5)6)33-43(45)34-16-8-7-9-17-34/h7-33H,1-6H3. The third-order valence-electron chi connectivity index (χ3n) is 12.5. The predicted molar refractivity (Wildman–Crippen MR) is 248 cm³/mol. The molecule has 2 aliphatic rings. The Labute approximate surface area is 341 Å². The summed E-state index contributed by atoms with van der Waals surface area (Å²) in [7, 11) is 0. The summed E-state index contributed by atoms with van der Waals surface area (Å²) in [5.41, 5.74) is 17.6. The summed E-state index contributed by atoms with van der Waals surface area (Å²) in [5, 5.41) is 4.72. The number of nitrogens with zero attached hydrogens (tertiary/aromatic N) is 2. The van der Waals surface area contributed by atoms with Crippen LogP contribution in [0, 0.1) is 0 Å². The summed E-state index contributed by atoms with van der Waals surface area (Å²) in [6, 6.07) is 60.8. The Morgan fingerprint density at radius 3 is 1.95 bits per heavy atom. The molecule has 280 valence electrons. The summed E-state index contributed by atoms with van der Waals surface area (Å²) in [5.74, 6) is 0. The molecule has 0 unspecified atom stereocenters. The van der Waals surface area contributed by atoms with Crippen LogP contribution in [0.1, 0.15) is 52.7 Å². The van der Waals surface area contributed by atoms with E-state index in [4.69, 9.17) is 4.42 Å². The molecule has 1 aromatic heterocycles. The van der Waals surface area contributed by atoms with Gasteiger partial charge in [-0.05, 0) is 97.2 Å². The molecular formula is C54H45BN2O. The molecule has 0 aliphatic carbocycles. The summed E-state index contributed by atoms with van der Waals surface area (Å²) >= 11 is 0. The van der Waals surface area contributed by atoms with Gasteiger partial charge in [0.15, 0.2) is 5.58 Å². The van der Waals surface area contributed by atoms with E-state index in [1.807, 2.05) is 0 Å². The maximum atomic E-state index is 7.07. The Bertz CT molecular complexity index is 3090. The van der Waals surface area contributed by atoms with E-state index in [-0.39, 0.29) is 17.7 Å². The van der Waals surface area contributed by atoms with E-state index in [2.05, 4.69) is 215 Å². The van der Waals surface area contributed by atoms with E-state index in [9.17, 15) is 0 Å². The quantitative estimate of drug-likeness (QED) is 0.168. The van der Waals surface area contributed by atoms with Crippen LogP contribution in [0.5, 0.6) is 0 Å². The highest BCUT2D eigenvalue weighted by Gasteiger charge is 2.47. The highest BCUT2D eigenvalue weighted by Crippen LogP contribution is 2.52. The molecule has 3 heterocycles. The van der Waals surface area contributed by atoms with Gasteiger partial charge in [-0.1, -0.05) is 163 Å². The van der Waals surface area contributed by atoms with E-state index in [0.717, 1.165) is 33.3 Å². The van der Waals surface area contributed by atoms with Crippen LogP contribution in [0.2, 0.25) is 0 Å². The van der Waals surface area contributed by atoms with Crippen LogP contribution in [0.4, 0.5) is 28.4 Å². The smallest absolute Gasteiger partial charge is 0.333 e. The average molecular weight is 749 g/mol. The summed E-state index contributed by atoms with van der Waals surface area (Å²) in [4.78, 5) is 5.14. The largest absolute Gasteiger partial charge is 0.454 e. The van der Waals surface area contributed by atoms with Crippen molar-refractivity contribution in [1.29, 1.82) is 0 Å². The summed E-state index contributed by atoms with van der Waals surface area (Å²) in [6.07, 6.45) is 0. The van der Waals surface area contributed by atoms with Crippen molar-refractivity contribution >= 4 is 78.9 Å². The fourth-order valence-electron chi connectivity index (χ4n) is 9.63. The van der Waals surface area contributed by atoms with Gasteiger partial charge in [-0.3, -0.25) is 0 Å². The lowest BCUT2D eigenvalue weighted by Crippen LogP contribution is -2.61. The second-order valence-electron chi connectivity index (χ2n) is 18.2. The molecule has 3 nitrogen and oxygen atoms in total. The molecule has 9 aromatic rings. The lowest BCUT2D eigenvalue weighted by Gasteiger charge is -2.46. The molecule has 58 heavy (non-hydrogen) atoms. The van der Waals surface area contributed by atoms with Crippen molar-refractivity contribution in [2.24, 2.45) is 0 Å². The van der Waals surface area contributed by atoms with Crippen LogP contribution in [-0.4, -0.2) is 6.85 Å². The Kier molecular flexibility index (Phi) is 7.48. The van der Waals surface area contributed by atoms with Crippen LogP contribution in [-0.2, 0) is 10.8 Å². The van der Waals surface area contributed by atoms with E-state index in [0.29, 0.717) is 0 Å². The van der Waals surface area contributed by atoms with Gasteiger partial charge in [0.05, 0.1) is 11.4 Å². The van der Waals surface area contributed by atoms with Crippen molar-refractivity contribution in [3.63, 3.8) is 0 Å². The van der Waals surface area contributed by atoms with Crippen molar-refractivity contribution in [3.05, 3.63) is 175 Å². The van der Waals surface area contributed by atoms with Gasteiger partial charge in [0.25, 0.3) is 0 Å². The zero-order chi connectivity index (χ0) is 39.5. The van der Waals surface area contributed by atoms with Gasteiger partial charge >= 0.3 is 6.85 Å². The number of para-hydroxylation sites is 2. The number of fused-ring (bicyclic) bond motifs is 10. The zero-order valence-electron chi connectivity index (χ0n) is 34.0. The minimum atomic E-state index is -0.136. The molecule has 8 aromatic carbocycles. The number of rotatable bonds is 3. The predicted octanol–water partition coefficient (Wildman–Crippen LogP) is 13.7. The fourth-order valence-corrected chi connectivity index (χ4v) is 9.63. The molecule has 0 spiro atoms. The Morgan fingerprint density at radius 2 is 1.17 bits per heavy atom. The van der Waals surface area contributed by atoms with Crippen molar-refractivity contribution in [2.75, 3.05) is 9.71 Å². The molecule has 0 N–H and O–H groups in total. The maximum absolute atomic E-state index is 7.07. The highest BCUT2D eigenvalue weighted by molar-refractivity contribution is 6.94. The van der Waals surface area contributed by atoms with Crippen LogP contribution in [0.3, 0.4) is 0 Å². The normalized spacial score (nSPS) is 13.6. The van der Waals surface area contributed by atoms with E-state index < -0.39 is 0 Å². The third kappa shape index (κ3) is 5.14. The van der Waals surface area contributed by atoms with E-state index in [1.54, 1.807) is 0 Å². The van der Waals surface area contributed by atoms with Gasteiger partial charge in [-0.15, -0.1) is 0 Å². The number of benzene rings is 8. The van der Waals surface area contributed by atoms with E-state index >= 15 is 0 Å². The van der Waals surface area contributed by atoms with Gasteiger partial charge in [0, 0.05) is 39.0 Å². The minimum absolute atomic E-state index is 0.0339.